The van der Waals surface area contributed by atoms with Gasteiger partial charge in [0.2, 0.25) is 5.91 Å². The number of aromatic nitrogens is 2. The minimum absolute atomic E-state index is 0.0433. The van der Waals surface area contributed by atoms with E-state index in [2.05, 4.69) is 20.6 Å². The third-order valence-corrected chi connectivity index (χ3v) is 6.79. The molecule has 2 amide bonds. The van der Waals surface area contributed by atoms with Gasteiger partial charge in [-0.05, 0) is 62.6 Å². The van der Waals surface area contributed by atoms with Crippen LogP contribution < -0.4 is 15.5 Å². The van der Waals surface area contributed by atoms with Crippen LogP contribution in [0.4, 0.5) is 17.1 Å². The molecule has 208 valence electrons. The Morgan fingerprint density at radius 3 is 2.29 bits per heavy atom. The highest BCUT2D eigenvalue weighted by Crippen LogP contribution is 2.38. The summed E-state index contributed by atoms with van der Waals surface area (Å²) in [6, 6.07) is 18.1. The second-order valence-corrected chi connectivity index (χ2v) is 9.86. The standard InChI is InChI=1S/C31H30N6O4/c1-19(38)37(16-15-36(2)3)23-9-7-22(8-10-23)34-29(20-6-12-25-27(17-20)33-14-13-32-25)28-24-11-5-21(31(40)41-4)18-26(24)35-30(28)39/h5-14,17-18,34H,15-16H2,1-4H3,(H,35,39)/b29-28-. The lowest BCUT2D eigenvalue weighted by Crippen LogP contribution is -2.35. The molecule has 1 aromatic heterocycles. The van der Waals surface area contributed by atoms with E-state index in [9.17, 15) is 14.4 Å². The summed E-state index contributed by atoms with van der Waals surface area (Å²) in [6.07, 6.45) is 3.25. The van der Waals surface area contributed by atoms with Crippen molar-refractivity contribution in [1.82, 2.24) is 14.9 Å². The van der Waals surface area contributed by atoms with E-state index in [0.29, 0.717) is 40.1 Å². The summed E-state index contributed by atoms with van der Waals surface area (Å²) in [5.74, 6) is -0.846. The van der Waals surface area contributed by atoms with E-state index in [1.54, 1.807) is 42.4 Å². The zero-order chi connectivity index (χ0) is 29.1. The van der Waals surface area contributed by atoms with E-state index in [-0.39, 0.29) is 11.8 Å². The third-order valence-electron chi connectivity index (χ3n) is 6.79. The van der Waals surface area contributed by atoms with Crippen molar-refractivity contribution in [3.8, 4) is 0 Å². The maximum absolute atomic E-state index is 13.4. The molecule has 10 heteroatoms. The number of hydrogen-bond donors (Lipinski definition) is 2. The van der Waals surface area contributed by atoms with Gasteiger partial charge in [0, 0.05) is 54.9 Å². The molecule has 1 aliphatic rings. The lowest BCUT2D eigenvalue weighted by Gasteiger charge is -2.23. The van der Waals surface area contributed by atoms with E-state index in [0.717, 1.165) is 29.0 Å². The Morgan fingerprint density at radius 1 is 0.902 bits per heavy atom. The van der Waals surface area contributed by atoms with Crippen LogP contribution in [0.15, 0.2) is 73.1 Å². The minimum atomic E-state index is -0.490. The largest absolute Gasteiger partial charge is 0.465 e. The van der Waals surface area contributed by atoms with Gasteiger partial charge >= 0.3 is 5.97 Å². The van der Waals surface area contributed by atoms with Gasteiger partial charge in [0.15, 0.2) is 0 Å². The maximum atomic E-state index is 13.4. The van der Waals surface area contributed by atoms with E-state index in [1.165, 1.54) is 7.11 Å². The Labute approximate surface area is 237 Å². The highest BCUT2D eigenvalue weighted by atomic mass is 16.5. The Balaban J connectivity index is 1.58. The first-order valence-electron chi connectivity index (χ1n) is 13.0. The molecule has 0 saturated heterocycles. The molecule has 1 aliphatic heterocycles. The Hall–Kier alpha value is -5.09. The summed E-state index contributed by atoms with van der Waals surface area (Å²) in [7, 11) is 5.24. The number of benzene rings is 3. The number of ether oxygens (including phenoxy) is 1. The fraction of sp³-hybridized carbons (Fsp3) is 0.194. The van der Waals surface area contributed by atoms with Crippen LogP contribution in [-0.2, 0) is 14.3 Å². The summed E-state index contributed by atoms with van der Waals surface area (Å²) >= 11 is 0. The number of anilines is 3. The van der Waals surface area contributed by atoms with Gasteiger partial charge in [-0.1, -0.05) is 12.1 Å². The van der Waals surface area contributed by atoms with Crippen molar-refractivity contribution in [2.75, 3.05) is 49.8 Å². The molecule has 10 nitrogen and oxygen atoms in total. The fourth-order valence-corrected chi connectivity index (χ4v) is 4.70. The number of amides is 2. The smallest absolute Gasteiger partial charge is 0.337 e. The Morgan fingerprint density at radius 2 is 1.61 bits per heavy atom. The molecule has 5 rings (SSSR count). The predicted molar refractivity (Wildman–Crippen MR) is 159 cm³/mol. The quantitative estimate of drug-likeness (QED) is 0.247. The lowest BCUT2D eigenvalue weighted by atomic mass is 9.98. The first-order valence-corrected chi connectivity index (χ1v) is 13.0. The molecule has 0 aliphatic carbocycles. The van der Waals surface area contributed by atoms with Gasteiger partial charge in [-0.3, -0.25) is 19.6 Å². The molecule has 0 unspecified atom stereocenters. The van der Waals surface area contributed by atoms with E-state index in [1.807, 2.05) is 61.5 Å². The van der Waals surface area contributed by atoms with Crippen molar-refractivity contribution < 1.29 is 19.1 Å². The number of nitrogens with zero attached hydrogens (tertiary/aromatic N) is 4. The van der Waals surface area contributed by atoms with Crippen LogP contribution >= 0.6 is 0 Å². The molecular weight excluding hydrogens is 520 g/mol. The minimum Gasteiger partial charge on any atom is -0.465 e. The van der Waals surface area contributed by atoms with Gasteiger partial charge < -0.3 is 25.2 Å². The van der Waals surface area contributed by atoms with Crippen LogP contribution in [0.3, 0.4) is 0 Å². The average molecular weight is 551 g/mol. The molecule has 2 heterocycles. The predicted octanol–water partition coefficient (Wildman–Crippen LogP) is 4.26. The van der Waals surface area contributed by atoms with Gasteiger partial charge in [-0.2, -0.15) is 0 Å². The van der Waals surface area contributed by atoms with Crippen molar-refractivity contribution >= 4 is 57.1 Å². The third kappa shape index (κ3) is 5.78. The summed E-state index contributed by atoms with van der Waals surface area (Å²) < 4.78 is 4.84. The second-order valence-electron chi connectivity index (χ2n) is 9.86. The number of rotatable bonds is 8. The average Bonchev–Trinajstić information content (AvgIpc) is 3.30. The summed E-state index contributed by atoms with van der Waals surface area (Å²) in [4.78, 5) is 50.4. The molecule has 0 saturated carbocycles. The van der Waals surface area contributed by atoms with Crippen LogP contribution in [0.2, 0.25) is 0 Å². The zero-order valence-corrected chi connectivity index (χ0v) is 23.3. The topological polar surface area (TPSA) is 117 Å². The molecule has 0 fully saturated rings. The second kappa shape index (κ2) is 11.6. The number of hydrogen-bond acceptors (Lipinski definition) is 8. The van der Waals surface area contributed by atoms with Crippen LogP contribution in [0.1, 0.15) is 28.4 Å². The number of nitrogens with one attached hydrogen (secondary N) is 2. The lowest BCUT2D eigenvalue weighted by molar-refractivity contribution is -0.116. The van der Waals surface area contributed by atoms with Gasteiger partial charge in [0.05, 0.1) is 40.7 Å². The normalized spacial score (nSPS) is 13.5. The van der Waals surface area contributed by atoms with Gasteiger partial charge in [0.1, 0.15) is 0 Å². The van der Waals surface area contributed by atoms with Crippen LogP contribution in [0, 0.1) is 0 Å². The fourth-order valence-electron chi connectivity index (χ4n) is 4.70. The van der Waals surface area contributed by atoms with Gasteiger partial charge in [0.25, 0.3) is 5.91 Å². The first kappa shape index (κ1) is 27.5. The highest BCUT2D eigenvalue weighted by Gasteiger charge is 2.29. The molecule has 0 atom stereocenters. The molecular formula is C31H30N6O4. The van der Waals surface area contributed by atoms with Crippen LogP contribution in [0.25, 0.3) is 22.3 Å². The number of likely N-dealkylation sites (N-methyl/N-ethyl adjacent to an activating group) is 1. The summed E-state index contributed by atoms with van der Waals surface area (Å²) in [5, 5.41) is 6.31. The van der Waals surface area contributed by atoms with Crippen molar-refractivity contribution in [1.29, 1.82) is 0 Å². The van der Waals surface area contributed by atoms with Crippen LogP contribution in [-0.4, -0.2) is 66.9 Å². The number of methoxy groups -OCH3 is 1. The number of carbonyl (C=O) groups is 3. The van der Waals surface area contributed by atoms with Crippen molar-refractivity contribution in [3.05, 3.63) is 89.7 Å². The molecule has 2 N–H and O–H groups in total. The zero-order valence-electron chi connectivity index (χ0n) is 23.3. The summed E-state index contributed by atoms with van der Waals surface area (Å²) in [6.45, 7) is 2.84. The molecule has 3 aromatic carbocycles. The summed E-state index contributed by atoms with van der Waals surface area (Å²) in [5.41, 5.74) is 6.11. The van der Waals surface area contributed by atoms with E-state index < -0.39 is 5.97 Å². The first-order chi connectivity index (χ1) is 19.7. The molecule has 41 heavy (non-hydrogen) atoms. The van der Waals surface area contributed by atoms with Gasteiger partial charge in [-0.15, -0.1) is 0 Å². The maximum Gasteiger partial charge on any atom is 0.337 e. The Bertz CT molecular complexity index is 1680. The van der Waals surface area contributed by atoms with Crippen molar-refractivity contribution in [3.63, 3.8) is 0 Å². The van der Waals surface area contributed by atoms with E-state index >= 15 is 0 Å². The molecule has 0 radical (unpaired) electrons. The molecule has 0 bridgehead atoms. The van der Waals surface area contributed by atoms with Crippen molar-refractivity contribution in [2.45, 2.75) is 6.92 Å². The Kier molecular flexibility index (Phi) is 7.75. The van der Waals surface area contributed by atoms with E-state index in [4.69, 9.17) is 4.74 Å². The number of esters is 1. The SMILES string of the molecule is COC(=O)c1ccc2c(c1)NC(=O)/C2=C(\Nc1ccc(N(CCN(C)C)C(C)=O)cc1)c1ccc2nccnc2c1. The molecule has 4 aromatic rings. The monoisotopic (exact) mass is 550 g/mol. The number of carbonyl (C=O) groups excluding carboxylic acids is 3. The highest BCUT2D eigenvalue weighted by molar-refractivity contribution is 6.37. The number of fused-ring (bicyclic) bond motifs is 2. The molecule has 0 spiro atoms. The van der Waals surface area contributed by atoms with Gasteiger partial charge in [-0.25, -0.2) is 4.79 Å². The van der Waals surface area contributed by atoms with Crippen molar-refractivity contribution in [2.24, 2.45) is 0 Å². The van der Waals surface area contributed by atoms with Crippen LogP contribution in [0.5, 0.6) is 0 Å².